The summed E-state index contributed by atoms with van der Waals surface area (Å²) < 4.78 is 10.8. The first-order valence-electron chi connectivity index (χ1n) is 8.64. The van der Waals surface area contributed by atoms with Gasteiger partial charge in [0, 0.05) is 17.5 Å². The summed E-state index contributed by atoms with van der Waals surface area (Å²) in [5, 5.41) is 12.7. The number of hydrogen-bond donors (Lipinski definition) is 2. The first-order chi connectivity index (χ1) is 13.3. The van der Waals surface area contributed by atoms with Gasteiger partial charge in [0.1, 0.15) is 11.3 Å². The van der Waals surface area contributed by atoms with Crippen molar-refractivity contribution in [2.45, 2.75) is 26.0 Å². The molecule has 0 saturated carbocycles. The van der Waals surface area contributed by atoms with Gasteiger partial charge in [-0.2, -0.15) is 0 Å². The quantitative estimate of drug-likeness (QED) is 0.636. The van der Waals surface area contributed by atoms with Crippen molar-refractivity contribution in [3.63, 3.8) is 0 Å². The van der Waals surface area contributed by atoms with Crippen molar-refractivity contribution >= 4 is 22.8 Å². The van der Waals surface area contributed by atoms with Gasteiger partial charge in [0.25, 0.3) is 5.91 Å². The highest BCUT2D eigenvalue weighted by Gasteiger charge is 2.25. The number of fused-ring (bicyclic) bond motifs is 1. The average molecular weight is 381 g/mol. The summed E-state index contributed by atoms with van der Waals surface area (Å²) in [5.74, 6) is -1.42. The van der Waals surface area contributed by atoms with Gasteiger partial charge in [-0.05, 0) is 37.1 Å². The molecule has 1 aromatic heterocycles. The Morgan fingerprint density at radius 2 is 1.82 bits per heavy atom. The van der Waals surface area contributed by atoms with E-state index in [-0.39, 0.29) is 0 Å². The predicted octanol–water partition coefficient (Wildman–Crippen LogP) is 2.81. The topological polar surface area (TPSA) is 106 Å². The number of carboxylic acids is 1. The van der Waals surface area contributed by atoms with Crippen LogP contribution in [0, 0.1) is 6.92 Å². The molecule has 7 heteroatoms. The number of rotatable bonds is 6. The summed E-state index contributed by atoms with van der Waals surface area (Å²) in [6, 6.07) is 13.5. The van der Waals surface area contributed by atoms with E-state index in [2.05, 4.69) is 5.32 Å². The Morgan fingerprint density at radius 3 is 2.50 bits per heavy atom. The van der Waals surface area contributed by atoms with Crippen molar-refractivity contribution in [3.05, 3.63) is 76.1 Å². The van der Waals surface area contributed by atoms with Gasteiger partial charge in [0.15, 0.2) is 12.1 Å². The fraction of sp³-hybridized carbons (Fsp3) is 0.190. The van der Waals surface area contributed by atoms with Crippen molar-refractivity contribution in [2.75, 3.05) is 0 Å². The van der Waals surface area contributed by atoms with E-state index in [1.807, 2.05) is 0 Å². The molecular formula is C21H19NO6. The standard InChI is InChI=1S/C21H19NO6/c1-12-10-18(23)28-17-11-15(8-9-16(12)17)27-13(2)20(24)22-19(21(25)26)14-6-4-3-5-7-14/h3-11,13,19H,1-2H3,(H,22,24)(H,25,26)/t13-,19+/m0/s1. The Bertz CT molecular complexity index is 1070. The normalized spacial score (nSPS) is 12.9. The maximum Gasteiger partial charge on any atom is 0.336 e. The molecule has 1 heterocycles. The molecule has 0 aliphatic heterocycles. The first-order valence-corrected chi connectivity index (χ1v) is 8.64. The Balaban J connectivity index is 1.75. The third-order valence-electron chi connectivity index (χ3n) is 4.27. The summed E-state index contributed by atoms with van der Waals surface area (Å²) in [4.78, 5) is 35.5. The molecule has 7 nitrogen and oxygen atoms in total. The lowest BCUT2D eigenvalue weighted by Crippen LogP contribution is -2.41. The number of carbonyl (C=O) groups excluding carboxylic acids is 1. The number of nitrogens with one attached hydrogen (secondary N) is 1. The molecule has 144 valence electrons. The van der Waals surface area contributed by atoms with E-state index in [0.29, 0.717) is 16.9 Å². The van der Waals surface area contributed by atoms with Gasteiger partial charge >= 0.3 is 11.6 Å². The number of aliphatic carboxylic acids is 1. The molecule has 0 saturated heterocycles. The maximum atomic E-state index is 12.4. The summed E-state index contributed by atoms with van der Waals surface area (Å²) >= 11 is 0. The number of aryl methyl sites for hydroxylation is 1. The van der Waals surface area contributed by atoms with Crippen LogP contribution in [-0.2, 0) is 9.59 Å². The van der Waals surface area contributed by atoms with Crippen LogP contribution in [0.5, 0.6) is 5.75 Å². The van der Waals surface area contributed by atoms with Crippen LogP contribution in [0.25, 0.3) is 11.0 Å². The molecule has 2 aromatic carbocycles. The minimum absolute atomic E-state index is 0.329. The van der Waals surface area contributed by atoms with Crippen LogP contribution in [-0.4, -0.2) is 23.1 Å². The van der Waals surface area contributed by atoms with Gasteiger partial charge in [-0.3, -0.25) is 4.79 Å². The van der Waals surface area contributed by atoms with Crippen LogP contribution in [0.15, 0.2) is 63.8 Å². The zero-order valence-corrected chi connectivity index (χ0v) is 15.3. The van der Waals surface area contributed by atoms with Gasteiger partial charge < -0.3 is 19.6 Å². The summed E-state index contributed by atoms with van der Waals surface area (Å²) in [6.45, 7) is 3.31. The van der Waals surface area contributed by atoms with Crippen LogP contribution in [0.3, 0.4) is 0 Å². The van der Waals surface area contributed by atoms with Crippen LogP contribution in [0.2, 0.25) is 0 Å². The molecule has 3 rings (SSSR count). The van der Waals surface area contributed by atoms with E-state index in [1.165, 1.54) is 19.1 Å². The number of benzene rings is 2. The predicted molar refractivity (Wildman–Crippen MR) is 102 cm³/mol. The first kappa shape index (κ1) is 19.2. The van der Waals surface area contributed by atoms with E-state index in [4.69, 9.17) is 9.15 Å². The number of carbonyl (C=O) groups is 2. The second-order valence-electron chi connectivity index (χ2n) is 6.36. The highest BCUT2D eigenvalue weighted by Crippen LogP contribution is 2.23. The lowest BCUT2D eigenvalue weighted by molar-refractivity contribution is -0.143. The number of ether oxygens (including phenoxy) is 1. The summed E-state index contributed by atoms with van der Waals surface area (Å²) in [7, 11) is 0. The molecule has 0 unspecified atom stereocenters. The Hall–Kier alpha value is -3.61. The molecule has 2 N–H and O–H groups in total. The fourth-order valence-electron chi connectivity index (χ4n) is 2.83. The van der Waals surface area contributed by atoms with Crippen LogP contribution in [0.1, 0.15) is 24.1 Å². The van der Waals surface area contributed by atoms with Crippen molar-refractivity contribution in [3.8, 4) is 5.75 Å². The number of amides is 1. The zero-order chi connectivity index (χ0) is 20.3. The fourth-order valence-corrected chi connectivity index (χ4v) is 2.83. The average Bonchev–Trinajstić information content (AvgIpc) is 2.65. The third kappa shape index (κ3) is 4.20. The highest BCUT2D eigenvalue weighted by molar-refractivity contribution is 5.87. The SMILES string of the molecule is Cc1cc(=O)oc2cc(O[C@@H](C)C(=O)N[C@@H](C(=O)O)c3ccccc3)ccc12. The van der Waals surface area contributed by atoms with Crippen molar-refractivity contribution in [1.82, 2.24) is 5.32 Å². The molecular weight excluding hydrogens is 362 g/mol. The molecule has 1 amide bonds. The second-order valence-corrected chi connectivity index (χ2v) is 6.36. The monoisotopic (exact) mass is 381 g/mol. The van der Waals surface area contributed by atoms with E-state index in [1.54, 1.807) is 49.4 Å². The second kappa shape index (κ2) is 7.96. The third-order valence-corrected chi connectivity index (χ3v) is 4.27. The van der Waals surface area contributed by atoms with Crippen molar-refractivity contribution < 1.29 is 23.8 Å². The molecule has 3 aromatic rings. The van der Waals surface area contributed by atoms with E-state index < -0.39 is 29.6 Å². The summed E-state index contributed by atoms with van der Waals surface area (Å²) in [6.07, 6.45) is -0.959. The Morgan fingerprint density at radius 1 is 1.11 bits per heavy atom. The molecule has 2 atom stereocenters. The van der Waals surface area contributed by atoms with Gasteiger partial charge in [-0.25, -0.2) is 9.59 Å². The zero-order valence-electron chi connectivity index (χ0n) is 15.3. The smallest absolute Gasteiger partial charge is 0.336 e. The van der Waals surface area contributed by atoms with E-state index >= 15 is 0 Å². The number of carboxylic acid groups (broad SMARTS) is 1. The Kier molecular flexibility index (Phi) is 5.44. The van der Waals surface area contributed by atoms with Gasteiger partial charge in [0.05, 0.1) is 0 Å². The van der Waals surface area contributed by atoms with Gasteiger partial charge in [0.2, 0.25) is 0 Å². The molecule has 0 fully saturated rings. The molecule has 0 aliphatic carbocycles. The van der Waals surface area contributed by atoms with Crippen LogP contribution in [0.4, 0.5) is 0 Å². The number of hydrogen-bond acceptors (Lipinski definition) is 5. The summed E-state index contributed by atoms with van der Waals surface area (Å²) in [5.41, 5.74) is 1.11. The van der Waals surface area contributed by atoms with E-state index in [9.17, 15) is 19.5 Å². The Labute approximate surface area is 160 Å². The van der Waals surface area contributed by atoms with Crippen molar-refractivity contribution in [1.29, 1.82) is 0 Å². The largest absolute Gasteiger partial charge is 0.481 e. The van der Waals surface area contributed by atoms with Crippen LogP contribution >= 0.6 is 0 Å². The molecule has 0 bridgehead atoms. The lowest BCUT2D eigenvalue weighted by atomic mass is 10.1. The maximum absolute atomic E-state index is 12.4. The molecule has 0 aliphatic rings. The van der Waals surface area contributed by atoms with Crippen LogP contribution < -0.4 is 15.7 Å². The minimum Gasteiger partial charge on any atom is -0.481 e. The lowest BCUT2D eigenvalue weighted by Gasteiger charge is -2.19. The van der Waals surface area contributed by atoms with E-state index in [0.717, 1.165) is 10.9 Å². The molecule has 0 radical (unpaired) electrons. The minimum atomic E-state index is -1.18. The van der Waals surface area contributed by atoms with Crippen molar-refractivity contribution in [2.24, 2.45) is 0 Å². The molecule has 28 heavy (non-hydrogen) atoms. The van der Waals surface area contributed by atoms with Gasteiger partial charge in [-0.15, -0.1) is 0 Å². The van der Waals surface area contributed by atoms with Gasteiger partial charge in [-0.1, -0.05) is 30.3 Å². The molecule has 0 spiro atoms. The highest BCUT2D eigenvalue weighted by atomic mass is 16.5.